The van der Waals surface area contributed by atoms with Crippen LogP contribution in [0.3, 0.4) is 0 Å². The number of carbonyl (C=O) groups excluding carboxylic acids is 8. The summed E-state index contributed by atoms with van der Waals surface area (Å²) in [6, 6.07) is 10.9. The molecular formula is C52H58O16. The number of hydrogen-bond acceptors (Lipinski definition) is 16. The lowest BCUT2D eigenvalue weighted by molar-refractivity contribution is -0.148. The van der Waals surface area contributed by atoms with E-state index in [1.165, 1.54) is 24.3 Å². The molecule has 0 amide bonds. The van der Waals surface area contributed by atoms with Crippen LogP contribution in [0, 0.1) is 23.7 Å². The maximum Gasteiger partial charge on any atom is 0.342 e. The molecule has 0 saturated heterocycles. The van der Waals surface area contributed by atoms with E-state index in [9.17, 15) is 38.4 Å². The number of carbonyl (C=O) groups is 8. The molecule has 16 nitrogen and oxygen atoms in total. The standard InChI is InChI=1S/C52H58O16/c1-5-40(14-10-9-11-30-61-45(53)6-2)65-48(56)36-17-19-38(20-18-36)50(58)67-42-27-28-44(43(34-42)52(60)64-32-13-12-31-62-46(54)7-3)68-51(59)39-23-21-37(22-24-39)49(57)66-41-25-15-35(16-26-41)29-33-63-47(55)8-4/h5-10,14-16,25-28,34,36-39H,1-4,11-13,17-24,29-33H2/b10-9+,40-14+. The Balaban J connectivity index is 1.31. The average Bonchev–Trinajstić information content (AvgIpc) is 3.36. The van der Waals surface area contributed by atoms with Gasteiger partial charge in [-0.3, -0.25) is 19.2 Å². The van der Waals surface area contributed by atoms with E-state index in [0.29, 0.717) is 82.8 Å². The van der Waals surface area contributed by atoms with E-state index in [0.717, 1.165) is 23.8 Å². The van der Waals surface area contributed by atoms with Crippen LogP contribution in [0.1, 0.15) is 86.6 Å². The third-order valence-corrected chi connectivity index (χ3v) is 11.0. The van der Waals surface area contributed by atoms with Crippen LogP contribution in [-0.4, -0.2) is 74.2 Å². The third kappa shape index (κ3) is 18.1. The molecule has 362 valence electrons. The van der Waals surface area contributed by atoms with Gasteiger partial charge in [-0.2, -0.15) is 0 Å². The molecule has 0 aliphatic heterocycles. The van der Waals surface area contributed by atoms with E-state index in [-0.39, 0.29) is 49.2 Å². The number of allylic oxidation sites excluding steroid dienone is 3. The molecule has 2 aliphatic carbocycles. The van der Waals surface area contributed by atoms with E-state index >= 15 is 0 Å². The third-order valence-electron chi connectivity index (χ3n) is 11.0. The van der Waals surface area contributed by atoms with Crippen molar-refractivity contribution in [3.8, 4) is 17.2 Å². The van der Waals surface area contributed by atoms with Gasteiger partial charge in [-0.25, -0.2) is 19.2 Å². The minimum atomic E-state index is -0.846. The number of hydrogen-bond donors (Lipinski definition) is 0. The first-order valence-corrected chi connectivity index (χ1v) is 22.5. The monoisotopic (exact) mass is 938 g/mol. The predicted octanol–water partition coefficient (Wildman–Crippen LogP) is 7.94. The molecule has 0 spiro atoms. The minimum Gasteiger partial charge on any atom is -0.463 e. The van der Waals surface area contributed by atoms with Crippen molar-refractivity contribution in [2.75, 3.05) is 26.4 Å². The van der Waals surface area contributed by atoms with Gasteiger partial charge in [0, 0.05) is 24.6 Å². The first-order valence-electron chi connectivity index (χ1n) is 22.5. The molecule has 2 aromatic rings. The fourth-order valence-electron chi connectivity index (χ4n) is 7.16. The van der Waals surface area contributed by atoms with Crippen LogP contribution >= 0.6 is 0 Å². The number of ether oxygens (including phenoxy) is 8. The van der Waals surface area contributed by atoms with Crippen molar-refractivity contribution >= 4 is 47.8 Å². The van der Waals surface area contributed by atoms with Crippen molar-refractivity contribution in [2.45, 2.75) is 77.0 Å². The van der Waals surface area contributed by atoms with Gasteiger partial charge in [0.2, 0.25) is 0 Å². The normalized spacial score (nSPS) is 17.9. The fraction of sp³-hybridized carbons (Fsp3) is 0.385. The molecule has 2 aromatic carbocycles. The van der Waals surface area contributed by atoms with Crippen molar-refractivity contribution in [2.24, 2.45) is 23.7 Å². The van der Waals surface area contributed by atoms with E-state index in [4.69, 9.17) is 37.9 Å². The van der Waals surface area contributed by atoms with Gasteiger partial charge >= 0.3 is 47.8 Å². The highest BCUT2D eigenvalue weighted by Crippen LogP contribution is 2.35. The van der Waals surface area contributed by atoms with Crippen LogP contribution in [0.2, 0.25) is 0 Å². The topological polar surface area (TPSA) is 210 Å². The number of rotatable bonds is 25. The lowest BCUT2D eigenvalue weighted by Crippen LogP contribution is -2.30. The average molecular weight is 939 g/mol. The summed E-state index contributed by atoms with van der Waals surface area (Å²) in [6.45, 7) is 14.1. The van der Waals surface area contributed by atoms with Crippen LogP contribution in [0.25, 0.3) is 0 Å². The molecule has 0 aromatic heterocycles. The Labute approximate surface area is 395 Å². The Kier molecular flexibility index (Phi) is 22.4. The van der Waals surface area contributed by atoms with Crippen LogP contribution < -0.4 is 14.2 Å². The molecule has 0 bridgehead atoms. The van der Waals surface area contributed by atoms with Crippen molar-refractivity contribution in [1.29, 1.82) is 0 Å². The van der Waals surface area contributed by atoms with Crippen molar-refractivity contribution in [3.63, 3.8) is 0 Å². The lowest BCUT2D eigenvalue weighted by Gasteiger charge is -2.26. The van der Waals surface area contributed by atoms with Crippen LogP contribution in [0.15, 0.2) is 117 Å². The largest absolute Gasteiger partial charge is 0.463 e. The highest BCUT2D eigenvalue weighted by molar-refractivity contribution is 5.94. The Morgan fingerprint density at radius 2 is 0.985 bits per heavy atom. The van der Waals surface area contributed by atoms with Gasteiger partial charge in [0.1, 0.15) is 28.6 Å². The minimum absolute atomic E-state index is 0.00925. The Morgan fingerprint density at radius 1 is 0.515 bits per heavy atom. The maximum atomic E-state index is 13.5. The second kappa shape index (κ2) is 28.6. The quantitative estimate of drug-likeness (QED) is 0.0176. The highest BCUT2D eigenvalue weighted by atomic mass is 16.6. The summed E-state index contributed by atoms with van der Waals surface area (Å²) in [7, 11) is 0. The first kappa shape index (κ1) is 53.3. The molecule has 0 heterocycles. The zero-order valence-corrected chi connectivity index (χ0v) is 38.1. The molecule has 0 radical (unpaired) electrons. The smallest absolute Gasteiger partial charge is 0.342 e. The molecule has 4 rings (SSSR count). The maximum absolute atomic E-state index is 13.5. The molecule has 2 fully saturated rings. The van der Waals surface area contributed by atoms with Crippen LogP contribution in [0.5, 0.6) is 17.2 Å². The zero-order valence-electron chi connectivity index (χ0n) is 38.1. The number of esters is 8. The van der Waals surface area contributed by atoms with E-state index in [2.05, 4.69) is 26.3 Å². The molecule has 2 saturated carbocycles. The number of unbranched alkanes of at least 4 members (excludes halogenated alkanes) is 1. The highest BCUT2D eigenvalue weighted by Gasteiger charge is 2.34. The molecule has 16 heteroatoms. The summed E-state index contributed by atoms with van der Waals surface area (Å²) in [4.78, 5) is 100. The second-order valence-electron chi connectivity index (χ2n) is 15.8. The summed E-state index contributed by atoms with van der Waals surface area (Å²) >= 11 is 0. The molecule has 0 unspecified atom stereocenters. The Hall–Kier alpha value is -7.36. The van der Waals surface area contributed by atoms with Crippen molar-refractivity contribution < 1.29 is 76.3 Å². The van der Waals surface area contributed by atoms with Crippen LogP contribution in [0.4, 0.5) is 0 Å². The Bertz CT molecular complexity index is 2200. The zero-order chi connectivity index (χ0) is 49.3. The molecule has 68 heavy (non-hydrogen) atoms. The summed E-state index contributed by atoms with van der Waals surface area (Å²) < 4.78 is 42.9. The predicted molar refractivity (Wildman–Crippen MR) is 246 cm³/mol. The summed E-state index contributed by atoms with van der Waals surface area (Å²) in [5.74, 6) is -6.05. The SMILES string of the molecule is C=CC(=O)OCC/C=C/C=C(\C=C)OC(=O)C1CCC(C(=O)Oc2ccc(OC(=O)C3CCC(C(=O)Oc4ccc(CCOC(=O)C=C)cc4)CC3)c(C(=O)OCCCCOC(=O)C=C)c2)CC1. The van der Waals surface area contributed by atoms with Gasteiger partial charge in [-0.05, 0) is 119 Å². The number of benzene rings is 2. The summed E-state index contributed by atoms with van der Waals surface area (Å²) in [6.07, 6.45) is 14.0. The van der Waals surface area contributed by atoms with E-state index < -0.39 is 71.4 Å². The molecular weight excluding hydrogens is 881 g/mol. The summed E-state index contributed by atoms with van der Waals surface area (Å²) in [5.41, 5.74) is 0.724. The molecule has 0 atom stereocenters. The van der Waals surface area contributed by atoms with Crippen LogP contribution in [-0.2, 0) is 63.7 Å². The van der Waals surface area contributed by atoms with Gasteiger partial charge in [-0.1, -0.05) is 50.6 Å². The van der Waals surface area contributed by atoms with Gasteiger partial charge in [0.05, 0.1) is 50.1 Å². The molecule has 2 aliphatic rings. The van der Waals surface area contributed by atoms with Crippen molar-refractivity contribution in [1.82, 2.24) is 0 Å². The van der Waals surface area contributed by atoms with Gasteiger partial charge in [0.15, 0.2) is 0 Å². The fourth-order valence-corrected chi connectivity index (χ4v) is 7.16. The van der Waals surface area contributed by atoms with Gasteiger partial charge in [-0.15, -0.1) is 0 Å². The lowest BCUT2D eigenvalue weighted by atomic mass is 9.82. The van der Waals surface area contributed by atoms with E-state index in [1.807, 2.05) is 0 Å². The molecule has 0 N–H and O–H groups in total. The summed E-state index contributed by atoms with van der Waals surface area (Å²) in [5, 5.41) is 0. The van der Waals surface area contributed by atoms with Gasteiger partial charge in [0.25, 0.3) is 0 Å². The first-order chi connectivity index (χ1) is 32.8. The second-order valence-corrected chi connectivity index (χ2v) is 15.8. The van der Waals surface area contributed by atoms with Gasteiger partial charge < -0.3 is 37.9 Å². The van der Waals surface area contributed by atoms with E-state index in [1.54, 1.807) is 42.5 Å². The Morgan fingerprint density at radius 3 is 1.53 bits per heavy atom. The van der Waals surface area contributed by atoms with Crippen molar-refractivity contribution in [3.05, 3.63) is 128 Å².